The van der Waals surface area contributed by atoms with Gasteiger partial charge in [-0.15, -0.1) is 0 Å². The van der Waals surface area contributed by atoms with Crippen LogP contribution in [0.1, 0.15) is 23.7 Å². The molecule has 1 aliphatic rings. The second-order valence-corrected chi connectivity index (χ2v) is 7.55. The van der Waals surface area contributed by atoms with Gasteiger partial charge in [0.25, 0.3) is 5.91 Å². The molecule has 1 heterocycles. The highest BCUT2D eigenvalue weighted by molar-refractivity contribution is 7.90. The van der Waals surface area contributed by atoms with Gasteiger partial charge in [0.15, 0.2) is 6.17 Å². The van der Waals surface area contributed by atoms with E-state index in [4.69, 9.17) is 4.74 Å². The van der Waals surface area contributed by atoms with Gasteiger partial charge < -0.3 is 14.9 Å². The molecule has 0 aliphatic carbocycles. The molecule has 24 heavy (non-hydrogen) atoms. The molecule has 1 fully saturated rings. The SMILES string of the molecule is CC1OC(CCS(=O)(=O)NC(=O)c2ccccc2)[C@@H](O)[C@H](O)C1F. The summed E-state index contributed by atoms with van der Waals surface area (Å²) >= 11 is 0. The Labute approximate surface area is 139 Å². The fraction of sp³-hybridized carbons (Fsp3) is 0.533. The van der Waals surface area contributed by atoms with E-state index < -0.39 is 52.3 Å². The van der Waals surface area contributed by atoms with Crippen molar-refractivity contribution in [2.75, 3.05) is 5.75 Å². The zero-order valence-electron chi connectivity index (χ0n) is 13.0. The second-order valence-electron chi connectivity index (χ2n) is 5.71. The van der Waals surface area contributed by atoms with Crippen LogP contribution in [-0.2, 0) is 14.8 Å². The van der Waals surface area contributed by atoms with E-state index in [-0.39, 0.29) is 12.0 Å². The van der Waals surface area contributed by atoms with Crippen LogP contribution < -0.4 is 4.72 Å². The molecule has 0 aromatic heterocycles. The number of aliphatic hydroxyl groups is 2. The quantitative estimate of drug-likeness (QED) is 0.680. The Balaban J connectivity index is 1.94. The number of halogens is 1. The highest BCUT2D eigenvalue weighted by Gasteiger charge is 2.43. The first-order chi connectivity index (χ1) is 11.2. The van der Waals surface area contributed by atoms with Crippen molar-refractivity contribution in [3.05, 3.63) is 35.9 Å². The summed E-state index contributed by atoms with van der Waals surface area (Å²) in [5.74, 6) is -1.28. The molecular formula is C15H20FNO6S. The van der Waals surface area contributed by atoms with E-state index >= 15 is 0 Å². The standard InChI is InChI=1S/C15H20FNO6S/c1-9-12(16)14(19)13(18)11(23-9)7-8-24(21,22)17-15(20)10-5-3-2-4-6-10/h2-6,9,11-14,18-19H,7-8H2,1H3,(H,17,20)/t9?,11?,12?,13-,14-/m1/s1. The summed E-state index contributed by atoms with van der Waals surface area (Å²) in [6.07, 6.45) is -7.10. The van der Waals surface area contributed by atoms with Gasteiger partial charge in [0, 0.05) is 5.56 Å². The third kappa shape index (κ3) is 4.50. The molecule has 3 N–H and O–H groups in total. The smallest absolute Gasteiger partial charge is 0.264 e. The van der Waals surface area contributed by atoms with Crippen LogP contribution >= 0.6 is 0 Å². The largest absolute Gasteiger partial charge is 0.388 e. The fourth-order valence-corrected chi connectivity index (χ4v) is 3.51. The van der Waals surface area contributed by atoms with Gasteiger partial charge in [-0.25, -0.2) is 17.5 Å². The van der Waals surface area contributed by atoms with Crippen LogP contribution in [0.15, 0.2) is 30.3 Å². The lowest BCUT2D eigenvalue weighted by Gasteiger charge is -2.38. The molecule has 7 nitrogen and oxygen atoms in total. The summed E-state index contributed by atoms with van der Waals surface area (Å²) in [4.78, 5) is 11.9. The minimum atomic E-state index is -3.97. The maximum atomic E-state index is 13.5. The Hall–Kier alpha value is -1.55. The van der Waals surface area contributed by atoms with Gasteiger partial charge in [-0.1, -0.05) is 18.2 Å². The zero-order chi connectivity index (χ0) is 17.9. The molecule has 9 heteroatoms. The summed E-state index contributed by atoms with van der Waals surface area (Å²) < 4.78 is 44.6. The summed E-state index contributed by atoms with van der Waals surface area (Å²) in [6.45, 7) is 1.39. The van der Waals surface area contributed by atoms with Crippen LogP contribution in [-0.4, -0.2) is 60.9 Å². The van der Waals surface area contributed by atoms with Gasteiger partial charge in [0.2, 0.25) is 10.0 Å². The van der Waals surface area contributed by atoms with Crippen molar-refractivity contribution in [3.63, 3.8) is 0 Å². The first kappa shape index (κ1) is 18.8. The Kier molecular flexibility index (Phi) is 5.92. The number of alkyl halides is 1. The number of carbonyl (C=O) groups excluding carboxylic acids is 1. The topological polar surface area (TPSA) is 113 Å². The van der Waals surface area contributed by atoms with Crippen molar-refractivity contribution in [2.45, 2.75) is 43.9 Å². The first-order valence-corrected chi connectivity index (χ1v) is 9.12. The van der Waals surface area contributed by atoms with Gasteiger partial charge in [-0.3, -0.25) is 4.79 Å². The molecule has 1 aliphatic heterocycles. The number of rotatable bonds is 5. The Bertz CT molecular complexity index is 668. The van der Waals surface area contributed by atoms with Crippen LogP contribution in [0.3, 0.4) is 0 Å². The van der Waals surface area contributed by atoms with Gasteiger partial charge in [0.05, 0.1) is 18.0 Å². The number of carbonyl (C=O) groups is 1. The molecule has 1 saturated heterocycles. The van der Waals surface area contributed by atoms with Crippen LogP contribution in [0.2, 0.25) is 0 Å². The van der Waals surface area contributed by atoms with Crippen molar-refractivity contribution in [1.29, 1.82) is 0 Å². The average Bonchev–Trinajstić information content (AvgIpc) is 2.55. The molecule has 0 bridgehead atoms. The van der Waals surface area contributed by atoms with Crippen LogP contribution in [0.4, 0.5) is 4.39 Å². The maximum Gasteiger partial charge on any atom is 0.264 e. The van der Waals surface area contributed by atoms with Crippen molar-refractivity contribution in [1.82, 2.24) is 4.72 Å². The van der Waals surface area contributed by atoms with Crippen molar-refractivity contribution in [2.24, 2.45) is 0 Å². The zero-order valence-corrected chi connectivity index (χ0v) is 13.8. The van der Waals surface area contributed by atoms with Gasteiger partial charge in [-0.2, -0.15) is 0 Å². The number of nitrogens with one attached hydrogen (secondary N) is 1. The molecular weight excluding hydrogens is 341 g/mol. The molecule has 1 aromatic carbocycles. The number of sulfonamides is 1. The summed E-state index contributed by atoms with van der Waals surface area (Å²) in [5.41, 5.74) is 0.194. The average molecular weight is 361 g/mol. The summed E-state index contributed by atoms with van der Waals surface area (Å²) in [5, 5.41) is 19.4. The summed E-state index contributed by atoms with van der Waals surface area (Å²) in [7, 11) is -3.97. The van der Waals surface area contributed by atoms with Crippen LogP contribution in [0, 0.1) is 0 Å². The number of ether oxygens (including phenoxy) is 1. The highest BCUT2D eigenvalue weighted by Crippen LogP contribution is 2.25. The predicted molar refractivity (Wildman–Crippen MR) is 83.6 cm³/mol. The molecule has 0 spiro atoms. The molecule has 3 unspecified atom stereocenters. The molecule has 1 aromatic rings. The normalized spacial score (nSPS) is 30.8. The second kappa shape index (κ2) is 7.56. The molecule has 2 rings (SSSR count). The maximum absolute atomic E-state index is 13.5. The number of hydrogen-bond acceptors (Lipinski definition) is 6. The van der Waals surface area contributed by atoms with E-state index in [2.05, 4.69) is 0 Å². The van der Waals surface area contributed by atoms with E-state index in [1.54, 1.807) is 18.2 Å². The monoisotopic (exact) mass is 361 g/mol. The Morgan fingerprint density at radius 2 is 1.88 bits per heavy atom. The lowest BCUT2D eigenvalue weighted by Crippen LogP contribution is -2.55. The van der Waals surface area contributed by atoms with E-state index in [9.17, 15) is 27.8 Å². The first-order valence-electron chi connectivity index (χ1n) is 7.47. The number of amides is 1. The van der Waals surface area contributed by atoms with Gasteiger partial charge >= 0.3 is 0 Å². The number of aliphatic hydroxyl groups excluding tert-OH is 2. The summed E-state index contributed by atoms with van der Waals surface area (Å²) in [6, 6.07) is 7.84. The molecule has 0 radical (unpaired) electrons. The third-order valence-electron chi connectivity index (χ3n) is 3.85. The van der Waals surface area contributed by atoms with E-state index in [1.165, 1.54) is 19.1 Å². The van der Waals surface area contributed by atoms with Crippen molar-refractivity contribution >= 4 is 15.9 Å². The van der Waals surface area contributed by atoms with E-state index in [0.717, 1.165) is 0 Å². The number of benzene rings is 1. The van der Waals surface area contributed by atoms with Crippen LogP contribution in [0.25, 0.3) is 0 Å². The molecule has 5 atom stereocenters. The Morgan fingerprint density at radius 1 is 1.25 bits per heavy atom. The molecule has 0 saturated carbocycles. The molecule has 1 amide bonds. The minimum absolute atomic E-state index is 0.188. The van der Waals surface area contributed by atoms with Gasteiger partial charge in [0.1, 0.15) is 12.2 Å². The highest BCUT2D eigenvalue weighted by atomic mass is 32.2. The minimum Gasteiger partial charge on any atom is -0.388 e. The van der Waals surface area contributed by atoms with Crippen LogP contribution in [0.5, 0.6) is 0 Å². The van der Waals surface area contributed by atoms with Gasteiger partial charge in [-0.05, 0) is 25.5 Å². The van der Waals surface area contributed by atoms with Crippen molar-refractivity contribution < 1.29 is 32.6 Å². The fourth-order valence-electron chi connectivity index (χ4n) is 2.47. The molecule has 134 valence electrons. The van der Waals surface area contributed by atoms with E-state index in [0.29, 0.717) is 0 Å². The predicted octanol–water partition coefficient (Wildman–Crippen LogP) is -0.0165. The van der Waals surface area contributed by atoms with E-state index in [1.807, 2.05) is 4.72 Å². The Morgan fingerprint density at radius 3 is 2.50 bits per heavy atom. The third-order valence-corrected chi connectivity index (χ3v) is 5.12. The van der Waals surface area contributed by atoms with Crippen molar-refractivity contribution in [3.8, 4) is 0 Å². The lowest BCUT2D eigenvalue weighted by atomic mass is 9.95. The lowest BCUT2D eigenvalue weighted by molar-refractivity contribution is -0.198. The number of hydrogen-bond donors (Lipinski definition) is 3.